The zero-order chi connectivity index (χ0) is 18.9. The van der Waals surface area contributed by atoms with Gasteiger partial charge in [-0.1, -0.05) is 36.2 Å². The lowest BCUT2D eigenvalue weighted by molar-refractivity contribution is 0.0886. The number of aromatic nitrogens is 3. The third-order valence-electron chi connectivity index (χ3n) is 5.28. The van der Waals surface area contributed by atoms with E-state index in [-0.39, 0.29) is 17.4 Å². The third kappa shape index (κ3) is 3.25. The van der Waals surface area contributed by atoms with Crippen molar-refractivity contribution in [1.82, 2.24) is 20.3 Å². The molecule has 0 unspecified atom stereocenters. The van der Waals surface area contributed by atoms with E-state index in [0.29, 0.717) is 36.3 Å². The minimum atomic E-state index is -0.710. The summed E-state index contributed by atoms with van der Waals surface area (Å²) in [6.45, 7) is 2.16. The first-order valence-corrected chi connectivity index (χ1v) is 9.09. The molecule has 0 radical (unpaired) electrons. The van der Waals surface area contributed by atoms with Crippen LogP contribution in [0.2, 0.25) is 0 Å². The average molecular weight is 368 g/mol. The molecule has 3 aromatic rings. The molecule has 140 valence electrons. The summed E-state index contributed by atoms with van der Waals surface area (Å²) >= 11 is 0. The summed E-state index contributed by atoms with van der Waals surface area (Å²) in [7, 11) is 0. The molecule has 7 heteroatoms. The van der Waals surface area contributed by atoms with Crippen LogP contribution >= 0.6 is 0 Å². The van der Waals surface area contributed by atoms with Crippen LogP contribution in [0.3, 0.4) is 0 Å². The van der Waals surface area contributed by atoms with E-state index in [1.54, 1.807) is 36.0 Å². The topological polar surface area (TPSA) is 73.0 Å². The van der Waals surface area contributed by atoms with E-state index in [9.17, 15) is 9.18 Å². The first-order chi connectivity index (χ1) is 13.1. The van der Waals surface area contributed by atoms with E-state index in [4.69, 9.17) is 4.52 Å². The van der Waals surface area contributed by atoms with Crippen molar-refractivity contribution in [2.75, 3.05) is 0 Å². The molecule has 0 atom stereocenters. The molecule has 1 N–H and O–H groups in total. The van der Waals surface area contributed by atoms with Gasteiger partial charge >= 0.3 is 0 Å². The SMILES string of the molecule is Cc1onc(C(=O)NC2(c3ccccc3F)CCCC2)c1Cn1cccn1. The molecule has 6 nitrogen and oxygen atoms in total. The van der Waals surface area contributed by atoms with Crippen LogP contribution in [0.1, 0.15) is 53.1 Å². The number of aryl methyl sites for hydroxylation is 1. The molecule has 1 aromatic carbocycles. The smallest absolute Gasteiger partial charge is 0.274 e. The van der Waals surface area contributed by atoms with Gasteiger partial charge in [0.05, 0.1) is 12.1 Å². The van der Waals surface area contributed by atoms with Crippen LogP contribution in [0, 0.1) is 12.7 Å². The van der Waals surface area contributed by atoms with Gasteiger partial charge in [0.1, 0.15) is 11.6 Å². The fourth-order valence-electron chi connectivity index (χ4n) is 3.88. The van der Waals surface area contributed by atoms with Gasteiger partial charge in [-0.25, -0.2) is 4.39 Å². The first kappa shape index (κ1) is 17.5. The van der Waals surface area contributed by atoms with E-state index < -0.39 is 5.54 Å². The maximum absolute atomic E-state index is 14.5. The van der Waals surface area contributed by atoms with E-state index in [1.807, 2.05) is 12.3 Å². The Morgan fingerprint density at radius 3 is 2.78 bits per heavy atom. The highest BCUT2D eigenvalue weighted by atomic mass is 19.1. The van der Waals surface area contributed by atoms with Crippen molar-refractivity contribution in [2.24, 2.45) is 0 Å². The molecule has 1 fully saturated rings. The number of halogens is 1. The van der Waals surface area contributed by atoms with Crippen LogP contribution in [0.5, 0.6) is 0 Å². The van der Waals surface area contributed by atoms with Crippen LogP contribution in [0.15, 0.2) is 47.2 Å². The number of hydrogen-bond acceptors (Lipinski definition) is 4. The lowest BCUT2D eigenvalue weighted by Crippen LogP contribution is -2.44. The summed E-state index contributed by atoms with van der Waals surface area (Å²) in [6, 6.07) is 8.46. The molecular formula is C20H21FN4O2. The highest BCUT2D eigenvalue weighted by Crippen LogP contribution is 2.40. The largest absolute Gasteiger partial charge is 0.361 e. The zero-order valence-electron chi connectivity index (χ0n) is 15.1. The Kier molecular flexibility index (Phi) is 4.51. The molecule has 0 spiro atoms. The van der Waals surface area contributed by atoms with Crippen molar-refractivity contribution < 1.29 is 13.7 Å². The highest BCUT2D eigenvalue weighted by molar-refractivity contribution is 5.94. The number of benzene rings is 1. The number of carbonyl (C=O) groups excluding carboxylic acids is 1. The van der Waals surface area contributed by atoms with Gasteiger partial charge in [-0.3, -0.25) is 9.48 Å². The van der Waals surface area contributed by atoms with Crippen LogP contribution < -0.4 is 5.32 Å². The molecular weight excluding hydrogens is 347 g/mol. The van der Waals surface area contributed by atoms with E-state index in [0.717, 1.165) is 12.8 Å². The third-order valence-corrected chi connectivity index (χ3v) is 5.28. The molecule has 0 bridgehead atoms. The van der Waals surface area contributed by atoms with Crippen molar-refractivity contribution in [1.29, 1.82) is 0 Å². The molecule has 1 aliphatic carbocycles. The predicted molar refractivity (Wildman–Crippen MR) is 96.6 cm³/mol. The minimum absolute atomic E-state index is 0.227. The van der Waals surface area contributed by atoms with E-state index in [1.165, 1.54) is 6.07 Å². The van der Waals surface area contributed by atoms with Crippen LogP contribution in [-0.4, -0.2) is 20.8 Å². The van der Waals surface area contributed by atoms with Gasteiger partial charge < -0.3 is 9.84 Å². The molecule has 1 amide bonds. The maximum atomic E-state index is 14.5. The second-order valence-corrected chi connectivity index (χ2v) is 6.99. The molecule has 1 aliphatic rings. The van der Waals surface area contributed by atoms with Gasteiger partial charge in [0.2, 0.25) is 0 Å². The number of rotatable bonds is 5. The summed E-state index contributed by atoms with van der Waals surface area (Å²) in [4.78, 5) is 13.1. The second kappa shape index (κ2) is 6.98. The lowest BCUT2D eigenvalue weighted by atomic mass is 9.87. The first-order valence-electron chi connectivity index (χ1n) is 9.09. The standard InChI is InChI=1S/C20H21FN4O2/c1-14-15(13-25-12-6-11-22-25)18(24-27-14)19(26)23-20(9-4-5-10-20)16-7-2-3-8-17(16)21/h2-3,6-8,11-12H,4-5,9-10,13H2,1H3,(H,23,26). The van der Waals surface area contributed by atoms with Crippen LogP contribution in [0.4, 0.5) is 4.39 Å². The Labute approximate surface area is 156 Å². The normalized spacial score (nSPS) is 15.8. The number of carbonyl (C=O) groups is 1. The van der Waals surface area contributed by atoms with Crippen molar-refractivity contribution in [2.45, 2.75) is 44.7 Å². The summed E-state index contributed by atoms with van der Waals surface area (Å²) in [5.74, 6) is -0.0750. The molecule has 2 heterocycles. The summed E-state index contributed by atoms with van der Waals surface area (Å²) in [6.07, 6.45) is 6.76. The number of hydrogen-bond donors (Lipinski definition) is 1. The van der Waals surface area contributed by atoms with E-state index >= 15 is 0 Å². The van der Waals surface area contributed by atoms with Crippen molar-refractivity contribution in [3.63, 3.8) is 0 Å². The number of nitrogens with one attached hydrogen (secondary N) is 1. The van der Waals surface area contributed by atoms with Gasteiger partial charge in [0, 0.05) is 23.5 Å². The Morgan fingerprint density at radius 2 is 2.07 bits per heavy atom. The fraction of sp³-hybridized carbons (Fsp3) is 0.350. The highest BCUT2D eigenvalue weighted by Gasteiger charge is 2.40. The molecule has 4 rings (SSSR count). The Morgan fingerprint density at radius 1 is 1.30 bits per heavy atom. The van der Waals surface area contributed by atoms with Crippen molar-refractivity contribution in [3.8, 4) is 0 Å². The second-order valence-electron chi connectivity index (χ2n) is 6.99. The van der Waals surface area contributed by atoms with Gasteiger partial charge in [-0.05, 0) is 31.9 Å². The lowest BCUT2D eigenvalue weighted by Gasteiger charge is -2.31. The summed E-state index contributed by atoms with van der Waals surface area (Å²) in [5.41, 5.74) is 0.728. The molecule has 0 saturated heterocycles. The van der Waals surface area contributed by atoms with Crippen LogP contribution in [0.25, 0.3) is 0 Å². The van der Waals surface area contributed by atoms with Crippen molar-refractivity contribution >= 4 is 5.91 Å². The fourth-order valence-corrected chi connectivity index (χ4v) is 3.88. The van der Waals surface area contributed by atoms with Gasteiger partial charge in [-0.2, -0.15) is 5.10 Å². The predicted octanol–water partition coefficient (Wildman–Crippen LogP) is 3.57. The van der Waals surface area contributed by atoms with E-state index in [2.05, 4.69) is 15.6 Å². The zero-order valence-corrected chi connectivity index (χ0v) is 15.1. The van der Waals surface area contributed by atoms with Gasteiger partial charge in [-0.15, -0.1) is 0 Å². The average Bonchev–Trinajstić information content (AvgIpc) is 3.39. The van der Waals surface area contributed by atoms with Crippen molar-refractivity contribution in [3.05, 3.63) is 71.1 Å². The van der Waals surface area contributed by atoms with Gasteiger partial charge in [0.25, 0.3) is 5.91 Å². The summed E-state index contributed by atoms with van der Waals surface area (Å²) in [5, 5.41) is 11.2. The van der Waals surface area contributed by atoms with Crippen LogP contribution in [-0.2, 0) is 12.1 Å². The number of nitrogens with zero attached hydrogens (tertiary/aromatic N) is 3. The Bertz CT molecular complexity index is 943. The monoisotopic (exact) mass is 368 g/mol. The van der Waals surface area contributed by atoms with Gasteiger partial charge in [0.15, 0.2) is 5.69 Å². The summed E-state index contributed by atoms with van der Waals surface area (Å²) < 4.78 is 21.5. The molecule has 27 heavy (non-hydrogen) atoms. The Balaban J connectivity index is 1.64. The maximum Gasteiger partial charge on any atom is 0.274 e. The molecule has 1 saturated carbocycles. The quantitative estimate of drug-likeness (QED) is 0.747. The minimum Gasteiger partial charge on any atom is -0.361 e. The molecule has 0 aliphatic heterocycles. The number of amides is 1. The molecule has 2 aromatic heterocycles. The Hall–Kier alpha value is -2.96.